The van der Waals surface area contributed by atoms with Crippen LogP contribution in [-0.2, 0) is 9.59 Å². The van der Waals surface area contributed by atoms with Gasteiger partial charge in [-0.25, -0.2) is 4.39 Å². The molecule has 0 aliphatic carbocycles. The lowest BCUT2D eigenvalue weighted by atomic mass is 9.92. The van der Waals surface area contributed by atoms with Crippen LogP contribution < -0.4 is 0 Å². The lowest BCUT2D eigenvalue weighted by molar-refractivity contribution is -0.108. The standard InChI is InChI=1S/C29H21FO2S2/c1-4-28(31)33-21-13-14-26(27(30)17-21)25-16-15-22(23-7-5-6-8-24(23)25)19-9-11-20(12-10-19)34-29(32)18(2)3/h4-17H,1-2H2,3H3. The van der Waals surface area contributed by atoms with Crippen LogP contribution in [0, 0.1) is 5.82 Å². The number of thioether (sulfide) groups is 2. The molecule has 0 amide bonds. The first-order valence-corrected chi connectivity index (χ1v) is 12.1. The van der Waals surface area contributed by atoms with Crippen molar-refractivity contribution in [3.63, 3.8) is 0 Å². The normalized spacial score (nSPS) is 10.8. The fraction of sp³-hybridized carbons (Fsp3) is 0.0345. The minimum atomic E-state index is -0.386. The Kier molecular flexibility index (Phi) is 7.15. The van der Waals surface area contributed by atoms with Gasteiger partial charge in [0.05, 0.1) is 0 Å². The van der Waals surface area contributed by atoms with Gasteiger partial charge < -0.3 is 0 Å². The fourth-order valence-corrected chi connectivity index (χ4v) is 4.89. The van der Waals surface area contributed by atoms with Crippen molar-refractivity contribution in [1.82, 2.24) is 0 Å². The van der Waals surface area contributed by atoms with Crippen LogP contribution >= 0.6 is 23.5 Å². The Hall–Kier alpha value is -3.41. The highest BCUT2D eigenvalue weighted by Gasteiger charge is 2.14. The Morgan fingerprint density at radius 2 is 1.38 bits per heavy atom. The van der Waals surface area contributed by atoms with E-state index >= 15 is 4.39 Å². The average Bonchev–Trinajstić information content (AvgIpc) is 2.84. The molecule has 0 aromatic heterocycles. The van der Waals surface area contributed by atoms with E-state index in [0.717, 1.165) is 55.9 Å². The first-order valence-electron chi connectivity index (χ1n) is 10.5. The maximum Gasteiger partial charge on any atom is 0.219 e. The highest BCUT2D eigenvalue weighted by Crippen LogP contribution is 2.38. The SMILES string of the molecule is C=CC(=O)Sc1ccc(-c2ccc(-c3ccc(SC(=O)C(=C)C)cc3)c3ccccc23)c(F)c1. The molecule has 5 heteroatoms. The predicted octanol–water partition coefficient (Wildman–Crippen LogP) is 8.31. The summed E-state index contributed by atoms with van der Waals surface area (Å²) < 4.78 is 15.1. The summed E-state index contributed by atoms with van der Waals surface area (Å²) in [7, 11) is 0. The van der Waals surface area contributed by atoms with Crippen molar-refractivity contribution in [2.24, 2.45) is 0 Å². The third kappa shape index (κ3) is 5.06. The third-order valence-corrected chi connectivity index (χ3v) is 7.16. The number of carbonyl (C=O) groups is 2. The summed E-state index contributed by atoms with van der Waals surface area (Å²) in [6.45, 7) is 8.85. The summed E-state index contributed by atoms with van der Waals surface area (Å²) in [5, 5.41) is 1.65. The minimum Gasteiger partial charge on any atom is -0.282 e. The molecule has 0 heterocycles. The molecule has 0 N–H and O–H groups in total. The van der Waals surface area contributed by atoms with E-state index in [1.165, 1.54) is 12.1 Å². The van der Waals surface area contributed by atoms with Crippen LogP contribution in [0.5, 0.6) is 0 Å². The van der Waals surface area contributed by atoms with Crippen molar-refractivity contribution in [3.05, 3.63) is 109 Å². The van der Waals surface area contributed by atoms with Gasteiger partial charge in [0.2, 0.25) is 10.2 Å². The number of rotatable bonds is 6. The summed E-state index contributed by atoms with van der Waals surface area (Å²) in [5.74, 6) is -0.386. The molecule has 0 spiro atoms. The lowest BCUT2D eigenvalue weighted by Gasteiger charge is -2.13. The van der Waals surface area contributed by atoms with Crippen LogP contribution in [0.4, 0.5) is 4.39 Å². The second-order valence-corrected chi connectivity index (χ2v) is 9.79. The molecule has 0 fully saturated rings. The second kappa shape index (κ2) is 10.2. The minimum absolute atomic E-state index is 0.0529. The van der Waals surface area contributed by atoms with E-state index in [-0.39, 0.29) is 16.0 Å². The van der Waals surface area contributed by atoms with Crippen molar-refractivity contribution in [1.29, 1.82) is 0 Å². The van der Waals surface area contributed by atoms with Gasteiger partial charge in [-0.05, 0) is 93.8 Å². The predicted molar refractivity (Wildman–Crippen MR) is 142 cm³/mol. The number of carbonyl (C=O) groups excluding carboxylic acids is 2. The van der Waals surface area contributed by atoms with E-state index in [2.05, 4.69) is 13.2 Å². The van der Waals surface area contributed by atoms with Gasteiger partial charge in [0.15, 0.2) is 0 Å². The van der Waals surface area contributed by atoms with E-state index in [1.54, 1.807) is 19.1 Å². The van der Waals surface area contributed by atoms with Crippen molar-refractivity contribution >= 4 is 44.5 Å². The molecule has 0 aliphatic rings. The van der Waals surface area contributed by atoms with Crippen molar-refractivity contribution in [2.75, 3.05) is 0 Å². The quantitative estimate of drug-likeness (QED) is 0.204. The number of benzene rings is 4. The van der Waals surface area contributed by atoms with Gasteiger partial charge in [0.25, 0.3) is 0 Å². The van der Waals surface area contributed by atoms with Gasteiger partial charge in [0.1, 0.15) is 5.82 Å². The maximum absolute atomic E-state index is 15.1. The Bertz CT molecular complexity index is 1440. The zero-order valence-electron chi connectivity index (χ0n) is 18.5. The zero-order valence-corrected chi connectivity index (χ0v) is 20.1. The van der Waals surface area contributed by atoms with Crippen molar-refractivity contribution in [3.8, 4) is 22.3 Å². The van der Waals surface area contributed by atoms with Gasteiger partial charge in [-0.3, -0.25) is 9.59 Å². The molecule has 2 nitrogen and oxygen atoms in total. The molecule has 0 atom stereocenters. The number of hydrogen-bond acceptors (Lipinski definition) is 4. The van der Waals surface area contributed by atoms with E-state index in [4.69, 9.17) is 0 Å². The van der Waals surface area contributed by atoms with Crippen molar-refractivity contribution in [2.45, 2.75) is 16.7 Å². The summed E-state index contributed by atoms with van der Waals surface area (Å²) in [4.78, 5) is 24.9. The van der Waals surface area contributed by atoms with E-state index in [9.17, 15) is 9.59 Å². The average molecular weight is 485 g/mol. The van der Waals surface area contributed by atoms with E-state index in [0.29, 0.717) is 16.0 Å². The van der Waals surface area contributed by atoms with Crippen molar-refractivity contribution < 1.29 is 14.0 Å². The molecule has 0 saturated heterocycles. The molecular weight excluding hydrogens is 463 g/mol. The van der Waals surface area contributed by atoms with Crippen LogP contribution in [0.2, 0.25) is 0 Å². The van der Waals surface area contributed by atoms with Gasteiger partial charge >= 0.3 is 0 Å². The topological polar surface area (TPSA) is 34.1 Å². The van der Waals surface area contributed by atoms with Gasteiger partial charge in [0, 0.05) is 15.4 Å². The largest absolute Gasteiger partial charge is 0.282 e. The Morgan fingerprint density at radius 1 is 0.794 bits per heavy atom. The summed E-state index contributed by atoms with van der Waals surface area (Å²) in [5.41, 5.74) is 3.80. The van der Waals surface area contributed by atoms with Crippen LogP contribution in [0.25, 0.3) is 33.0 Å². The molecule has 0 aliphatic heterocycles. The first-order chi connectivity index (χ1) is 16.4. The van der Waals surface area contributed by atoms with Gasteiger partial charge in [-0.2, -0.15) is 0 Å². The van der Waals surface area contributed by atoms with E-state index < -0.39 is 0 Å². The smallest absolute Gasteiger partial charge is 0.219 e. The van der Waals surface area contributed by atoms with Crippen LogP contribution in [-0.4, -0.2) is 10.2 Å². The molecular formula is C29H21FO2S2. The fourth-order valence-electron chi connectivity index (χ4n) is 3.62. The number of hydrogen-bond donors (Lipinski definition) is 0. The number of fused-ring (bicyclic) bond motifs is 1. The highest BCUT2D eigenvalue weighted by molar-refractivity contribution is 8.14. The first kappa shape index (κ1) is 23.7. The maximum atomic E-state index is 15.1. The second-order valence-electron chi connectivity index (χ2n) is 7.67. The molecule has 0 bridgehead atoms. The molecule has 34 heavy (non-hydrogen) atoms. The molecule has 0 saturated carbocycles. The molecule has 0 radical (unpaired) electrons. The van der Waals surface area contributed by atoms with Gasteiger partial charge in [-0.1, -0.05) is 67.8 Å². The monoisotopic (exact) mass is 484 g/mol. The lowest BCUT2D eigenvalue weighted by Crippen LogP contribution is -1.92. The Balaban J connectivity index is 1.73. The van der Waals surface area contributed by atoms with Crippen LogP contribution in [0.1, 0.15) is 6.92 Å². The van der Waals surface area contributed by atoms with Crippen LogP contribution in [0.3, 0.4) is 0 Å². The Labute approximate surface area is 206 Å². The molecule has 4 aromatic carbocycles. The van der Waals surface area contributed by atoms with E-state index in [1.807, 2.05) is 60.7 Å². The summed E-state index contributed by atoms with van der Waals surface area (Å²) in [6.07, 6.45) is 1.21. The molecule has 4 aromatic rings. The molecule has 168 valence electrons. The number of halogens is 1. The summed E-state index contributed by atoms with van der Waals surface area (Å²) >= 11 is 2.10. The molecule has 4 rings (SSSR count). The van der Waals surface area contributed by atoms with Crippen LogP contribution in [0.15, 0.2) is 113 Å². The third-order valence-electron chi connectivity index (χ3n) is 5.26. The molecule has 0 unspecified atom stereocenters. The zero-order chi connectivity index (χ0) is 24.2. The highest BCUT2D eigenvalue weighted by atomic mass is 32.2. The Morgan fingerprint density at radius 3 is 2.00 bits per heavy atom. The summed E-state index contributed by atoms with van der Waals surface area (Å²) in [6, 6.07) is 24.5. The van der Waals surface area contributed by atoms with Gasteiger partial charge in [-0.15, -0.1) is 0 Å².